The quantitative estimate of drug-likeness (QED) is 0.245. The van der Waals surface area contributed by atoms with Crippen molar-refractivity contribution < 1.29 is 48.7 Å². The number of aliphatic hydroxyl groups excluding tert-OH is 1. The van der Waals surface area contributed by atoms with Gasteiger partial charge in [0, 0.05) is 5.56 Å². The first-order chi connectivity index (χ1) is 16.7. The third-order valence-electron chi connectivity index (χ3n) is 4.95. The second-order valence-electron chi connectivity index (χ2n) is 7.09. The molecule has 1 unspecified atom stereocenters. The summed E-state index contributed by atoms with van der Waals surface area (Å²) < 4.78 is 19.8. The Bertz CT molecular complexity index is 1030. The van der Waals surface area contributed by atoms with Gasteiger partial charge in [0.2, 0.25) is 5.75 Å². The highest BCUT2D eigenvalue weighted by molar-refractivity contribution is 6.24. The molecule has 0 aliphatic heterocycles. The molecule has 0 spiro atoms. The average molecular weight is 486 g/mol. The van der Waals surface area contributed by atoms with Gasteiger partial charge in [0.25, 0.3) is 0 Å². The van der Waals surface area contributed by atoms with Crippen molar-refractivity contribution >= 4 is 29.7 Å². The lowest BCUT2D eigenvalue weighted by atomic mass is 9.96. The number of rotatable bonds is 11. The van der Waals surface area contributed by atoms with Crippen molar-refractivity contribution in [2.75, 3.05) is 28.4 Å². The minimum absolute atomic E-state index is 0.0759. The summed E-state index contributed by atoms with van der Waals surface area (Å²) in [5, 5.41) is 29.4. The largest absolute Gasteiger partial charge is 0.504 e. The van der Waals surface area contributed by atoms with E-state index < -0.39 is 30.1 Å². The topological polar surface area (TPSA) is 149 Å². The molecule has 0 aromatic heterocycles. The maximum Gasteiger partial charge on any atom is 0.324 e. The molecule has 10 heteroatoms. The van der Waals surface area contributed by atoms with Crippen LogP contribution in [0.2, 0.25) is 0 Å². The van der Waals surface area contributed by atoms with Crippen molar-refractivity contribution in [3.05, 3.63) is 53.1 Å². The summed E-state index contributed by atoms with van der Waals surface area (Å²) in [7, 11) is 5.07. The number of aromatic hydroxyl groups is 2. The molecule has 0 heterocycles. The third-order valence-corrected chi connectivity index (χ3v) is 4.95. The summed E-state index contributed by atoms with van der Waals surface area (Å²) >= 11 is 0. The van der Waals surface area contributed by atoms with Crippen LogP contribution < -0.4 is 14.2 Å². The second kappa shape index (κ2) is 12.2. The van der Waals surface area contributed by atoms with Gasteiger partial charge in [0.1, 0.15) is 0 Å². The van der Waals surface area contributed by atoms with E-state index in [4.69, 9.17) is 14.2 Å². The van der Waals surface area contributed by atoms with Gasteiger partial charge in [0.05, 0.1) is 35.0 Å². The van der Waals surface area contributed by atoms with E-state index in [1.165, 1.54) is 57.7 Å². The number of ketones is 2. The van der Waals surface area contributed by atoms with E-state index in [0.29, 0.717) is 11.1 Å². The molecule has 0 bridgehead atoms. The lowest BCUT2D eigenvalue weighted by molar-refractivity contribution is -0.150. The SMILES string of the molecule is COC(=O)C(C(=O)C=Cc1cc(CO)c(O)c(OC)c1)C(=O)C=Cc1cc(OC)c(O)c(OC)c1. The summed E-state index contributed by atoms with van der Waals surface area (Å²) in [6.45, 7) is -0.473. The lowest BCUT2D eigenvalue weighted by Gasteiger charge is -2.10. The number of esters is 1. The van der Waals surface area contributed by atoms with Gasteiger partial charge in [-0.25, -0.2) is 0 Å². The Morgan fingerprint density at radius 3 is 1.60 bits per heavy atom. The van der Waals surface area contributed by atoms with E-state index >= 15 is 0 Å². The summed E-state index contributed by atoms with van der Waals surface area (Å²) in [5.74, 6) is -4.67. The van der Waals surface area contributed by atoms with Gasteiger partial charge in [-0.3, -0.25) is 14.4 Å². The molecule has 1 atom stereocenters. The van der Waals surface area contributed by atoms with Crippen molar-refractivity contribution in [3.63, 3.8) is 0 Å². The van der Waals surface area contributed by atoms with Crippen LogP contribution in [0.3, 0.4) is 0 Å². The van der Waals surface area contributed by atoms with E-state index in [2.05, 4.69) is 4.74 Å². The lowest BCUT2D eigenvalue weighted by Crippen LogP contribution is -2.30. The predicted octanol–water partition coefficient (Wildman–Crippen LogP) is 2.27. The van der Waals surface area contributed by atoms with E-state index in [9.17, 15) is 29.7 Å². The fourth-order valence-electron chi connectivity index (χ4n) is 3.11. The van der Waals surface area contributed by atoms with Crippen LogP contribution in [-0.2, 0) is 25.7 Å². The van der Waals surface area contributed by atoms with Gasteiger partial charge in [-0.15, -0.1) is 0 Å². The number of hydrogen-bond donors (Lipinski definition) is 3. The number of carbonyl (C=O) groups excluding carboxylic acids is 3. The molecule has 0 amide bonds. The van der Waals surface area contributed by atoms with Gasteiger partial charge in [0.15, 0.2) is 40.5 Å². The molecule has 3 N–H and O–H groups in total. The zero-order valence-corrected chi connectivity index (χ0v) is 19.6. The molecule has 10 nitrogen and oxygen atoms in total. The van der Waals surface area contributed by atoms with Crippen molar-refractivity contribution in [1.82, 2.24) is 0 Å². The smallest absolute Gasteiger partial charge is 0.324 e. The standard InChI is InChI=1S/C25H26O10/c1-32-19-10-14(9-16(13-26)23(19)29)5-7-17(27)22(25(31)35-4)18(28)8-6-15-11-20(33-2)24(30)21(12-15)34-3/h5-12,22,26,29-30H,13H2,1-4H3. The molecular weight excluding hydrogens is 460 g/mol. The first-order valence-corrected chi connectivity index (χ1v) is 10.2. The van der Waals surface area contributed by atoms with Crippen LogP contribution >= 0.6 is 0 Å². The number of aliphatic hydroxyl groups is 1. The van der Waals surface area contributed by atoms with Gasteiger partial charge in [-0.2, -0.15) is 0 Å². The van der Waals surface area contributed by atoms with Crippen LogP contribution in [0.1, 0.15) is 16.7 Å². The molecule has 186 valence electrons. The van der Waals surface area contributed by atoms with Gasteiger partial charge in [-0.1, -0.05) is 12.2 Å². The average Bonchev–Trinajstić information content (AvgIpc) is 2.87. The highest BCUT2D eigenvalue weighted by atomic mass is 16.5. The maximum absolute atomic E-state index is 12.8. The number of methoxy groups -OCH3 is 4. The normalized spacial score (nSPS) is 11.9. The Kier molecular flexibility index (Phi) is 9.42. The van der Waals surface area contributed by atoms with Crippen LogP contribution in [0.5, 0.6) is 28.7 Å². The van der Waals surface area contributed by atoms with Crippen molar-refractivity contribution in [2.24, 2.45) is 5.92 Å². The molecule has 35 heavy (non-hydrogen) atoms. The second-order valence-corrected chi connectivity index (χ2v) is 7.09. The molecule has 2 aromatic carbocycles. The third kappa shape index (κ3) is 6.39. The fraction of sp³-hybridized carbons (Fsp3) is 0.240. The Morgan fingerprint density at radius 1 is 0.771 bits per heavy atom. The van der Waals surface area contributed by atoms with E-state index in [1.807, 2.05) is 0 Å². The van der Waals surface area contributed by atoms with Crippen LogP contribution in [0.15, 0.2) is 36.4 Å². The van der Waals surface area contributed by atoms with Gasteiger partial charge >= 0.3 is 5.97 Å². The summed E-state index contributed by atoms with van der Waals surface area (Å²) in [4.78, 5) is 37.7. The minimum Gasteiger partial charge on any atom is -0.504 e. The van der Waals surface area contributed by atoms with Crippen LogP contribution in [-0.4, -0.2) is 61.3 Å². The minimum atomic E-state index is -1.76. The number of benzene rings is 2. The first-order valence-electron chi connectivity index (χ1n) is 10.2. The monoisotopic (exact) mass is 486 g/mol. The summed E-state index contributed by atoms with van der Waals surface area (Å²) in [6.07, 6.45) is 4.70. The van der Waals surface area contributed by atoms with E-state index in [0.717, 1.165) is 19.3 Å². The Labute approximate surface area is 201 Å². The molecule has 0 radical (unpaired) electrons. The molecule has 0 saturated carbocycles. The van der Waals surface area contributed by atoms with Crippen LogP contribution in [0, 0.1) is 5.92 Å². The fourth-order valence-corrected chi connectivity index (χ4v) is 3.11. The summed E-state index contributed by atoms with van der Waals surface area (Å²) in [5.41, 5.74) is 0.954. The molecule has 2 rings (SSSR count). The maximum atomic E-state index is 12.8. The van der Waals surface area contributed by atoms with Crippen LogP contribution in [0.4, 0.5) is 0 Å². The molecular formula is C25H26O10. The number of phenols is 2. The Hall–Kier alpha value is -4.31. The zero-order chi connectivity index (χ0) is 26.1. The highest BCUT2D eigenvalue weighted by Crippen LogP contribution is 2.37. The van der Waals surface area contributed by atoms with Crippen molar-refractivity contribution in [2.45, 2.75) is 6.61 Å². The van der Waals surface area contributed by atoms with E-state index in [-0.39, 0.29) is 34.3 Å². The molecule has 0 fully saturated rings. The molecule has 2 aromatic rings. The molecule has 0 aliphatic rings. The molecule has 0 aliphatic carbocycles. The summed E-state index contributed by atoms with van der Waals surface area (Å²) in [6, 6.07) is 5.71. The van der Waals surface area contributed by atoms with Crippen LogP contribution in [0.25, 0.3) is 12.2 Å². The number of allylic oxidation sites excluding steroid dienone is 2. The highest BCUT2D eigenvalue weighted by Gasteiger charge is 2.31. The Morgan fingerprint density at radius 2 is 1.20 bits per heavy atom. The number of ether oxygens (including phenoxy) is 4. The number of phenolic OH excluding ortho intramolecular Hbond substituents is 1. The molecule has 0 saturated heterocycles. The van der Waals surface area contributed by atoms with Crippen molar-refractivity contribution in [3.8, 4) is 28.7 Å². The zero-order valence-electron chi connectivity index (χ0n) is 19.6. The first kappa shape index (κ1) is 26.9. The predicted molar refractivity (Wildman–Crippen MR) is 125 cm³/mol. The Balaban J connectivity index is 2.33. The number of hydrogen-bond acceptors (Lipinski definition) is 10. The van der Waals surface area contributed by atoms with E-state index in [1.54, 1.807) is 0 Å². The van der Waals surface area contributed by atoms with Gasteiger partial charge in [-0.05, 0) is 47.5 Å². The number of carbonyl (C=O) groups is 3. The van der Waals surface area contributed by atoms with Crippen molar-refractivity contribution in [1.29, 1.82) is 0 Å². The van der Waals surface area contributed by atoms with Gasteiger partial charge < -0.3 is 34.3 Å².